The summed E-state index contributed by atoms with van der Waals surface area (Å²) < 4.78 is 47.3. The molecular weight excluding hydrogens is 544 g/mol. The van der Waals surface area contributed by atoms with Gasteiger partial charge in [0.05, 0.1) is 25.4 Å². The lowest BCUT2D eigenvalue weighted by Crippen LogP contribution is -2.73. The number of hydrogen-bond donors (Lipinski definition) is 1. The highest BCUT2D eigenvalue weighted by Crippen LogP contribution is 2.31. The van der Waals surface area contributed by atoms with Crippen LogP contribution in [0.25, 0.3) is 0 Å². The van der Waals surface area contributed by atoms with Gasteiger partial charge in [-0.05, 0) is 38.5 Å². The zero-order valence-electron chi connectivity index (χ0n) is 22.8. The van der Waals surface area contributed by atoms with Crippen LogP contribution in [0.15, 0.2) is 48.5 Å². The van der Waals surface area contributed by atoms with E-state index in [0.717, 1.165) is 4.90 Å². The summed E-state index contributed by atoms with van der Waals surface area (Å²) in [6.45, 7) is 3.41. The van der Waals surface area contributed by atoms with Crippen LogP contribution in [0.5, 0.6) is 11.5 Å². The van der Waals surface area contributed by atoms with E-state index in [4.69, 9.17) is 18.9 Å². The molecule has 0 radical (unpaired) electrons. The summed E-state index contributed by atoms with van der Waals surface area (Å²) in [6, 6.07) is 11.4. The number of esters is 2. The Labute approximate surface area is 232 Å². The van der Waals surface area contributed by atoms with Crippen molar-refractivity contribution in [2.45, 2.75) is 37.9 Å². The van der Waals surface area contributed by atoms with E-state index in [2.05, 4.69) is 5.32 Å². The molecule has 1 aliphatic rings. The van der Waals surface area contributed by atoms with Gasteiger partial charge in [0, 0.05) is 0 Å². The van der Waals surface area contributed by atoms with Crippen LogP contribution in [0.3, 0.4) is 0 Å². The van der Waals surface area contributed by atoms with Crippen LogP contribution >= 0.6 is 0 Å². The maximum Gasteiger partial charge on any atom is 0.328 e. The molecule has 216 valence electrons. The van der Waals surface area contributed by atoms with Crippen molar-refractivity contribution >= 4 is 33.6 Å². The molecule has 12 nitrogen and oxygen atoms in total. The second-order valence-corrected chi connectivity index (χ2v) is 12.1. The minimum absolute atomic E-state index is 0.0296. The molecular formula is C27H32N2O10S. The molecule has 0 unspecified atom stereocenters. The molecule has 0 saturated carbocycles. The lowest BCUT2D eigenvalue weighted by molar-refractivity contribution is -0.176. The van der Waals surface area contributed by atoms with Gasteiger partial charge in [-0.1, -0.05) is 36.4 Å². The molecule has 1 heterocycles. The number of likely N-dealkylation sites (tertiary alicyclic amines) is 1. The van der Waals surface area contributed by atoms with Crippen LogP contribution in [0.1, 0.15) is 36.7 Å². The summed E-state index contributed by atoms with van der Waals surface area (Å²) in [5, 5.41) is 0.887. The first kappa shape index (κ1) is 30.4. The first-order valence-electron chi connectivity index (χ1n) is 12.2. The Morgan fingerprint density at radius 3 is 2.08 bits per heavy atom. The lowest BCUT2D eigenvalue weighted by Gasteiger charge is -2.45. The van der Waals surface area contributed by atoms with Crippen LogP contribution in [0, 0.1) is 5.41 Å². The Morgan fingerprint density at radius 1 is 0.925 bits per heavy atom. The summed E-state index contributed by atoms with van der Waals surface area (Å²) >= 11 is 0. The average molecular weight is 577 g/mol. The molecule has 13 heteroatoms. The number of amides is 2. The minimum atomic E-state index is -4.13. The lowest BCUT2D eigenvalue weighted by atomic mass is 9.98. The summed E-state index contributed by atoms with van der Waals surface area (Å²) in [7, 11) is -1.44. The molecule has 0 spiro atoms. The highest BCUT2D eigenvalue weighted by atomic mass is 32.2. The van der Waals surface area contributed by atoms with Gasteiger partial charge >= 0.3 is 11.9 Å². The van der Waals surface area contributed by atoms with E-state index in [0.29, 0.717) is 5.56 Å². The van der Waals surface area contributed by atoms with Gasteiger partial charge in [0.2, 0.25) is 12.7 Å². The number of sulfone groups is 1. The Bertz CT molecular complexity index is 1350. The third-order valence-corrected chi connectivity index (χ3v) is 7.98. The number of carbonyl (C=O) groups excluding carboxylic acids is 4. The fourth-order valence-corrected chi connectivity index (χ4v) is 5.95. The first-order chi connectivity index (χ1) is 18.8. The van der Waals surface area contributed by atoms with E-state index < -0.39 is 69.5 Å². The van der Waals surface area contributed by atoms with E-state index in [1.54, 1.807) is 57.2 Å². The van der Waals surface area contributed by atoms with Crippen LogP contribution in [0.4, 0.5) is 0 Å². The standard InChI is InChI=1S/C27H32N2O10S/c1-27(2,3)26(33)39-16-38-20(30)14-29-24(32)22(25(29)40(34,35)15-17-10-7-6-8-11-17)28-23(31)21-18(36-4)12-9-13-19(21)37-5/h6-13,22,25H,14-16H2,1-5H3,(H,28,31)/t22-,25-/m1/s1. The number of hydrogen-bond acceptors (Lipinski definition) is 10. The normalized spacial score (nSPS) is 16.9. The molecule has 0 aliphatic carbocycles. The Morgan fingerprint density at radius 2 is 1.52 bits per heavy atom. The molecule has 1 aliphatic heterocycles. The fourth-order valence-electron chi connectivity index (χ4n) is 3.96. The monoisotopic (exact) mass is 576 g/mol. The van der Waals surface area contributed by atoms with E-state index in [9.17, 15) is 27.6 Å². The molecule has 2 atom stereocenters. The number of methoxy groups -OCH3 is 2. The zero-order chi connectivity index (χ0) is 29.7. The van der Waals surface area contributed by atoms with Crippen molar-refractivity contribution in [1.29, 1.82) is 0 Å². The van der Waals surface area contributed by atoms with Gasteiger partial charge in [0.25, 0.3) is 5.91 Å². The first-order valence-corrected chi connectivity index (χ1v) is 13.9. The summed E-state index contributed by atoms with van der Waals surface area (Å²) in [5.74, 6) is -3.37. The quantitative estimate of drug-likeness (QED) is 0.237. The molecule has 2 aromatic rings. The Balaban J connectivity index is 1.82. The summed E-state index contributed by atoms with van der Waals surface area (Å²) in [5.41, 5.74) is -0.403. The molecule has 3 rings (SSSR count). The number of rotatable bonds is 11. The van der Waals surface area contributed by atoms with Crippen molar-refractivity contribution in [3.8, 4) is 11.5 Å². The van der Waals surface area contributed by atoms with Gasteiger partial charge in [0.15, 0.2) is 15.2 Å². The molecule has 1 fully saturated rings. The van der Waals surface area contributed by atoms with Gasteiger partial charge in [-0.25, -0.2) is 8.42 Å². The van der Waals surface area contributed by atoms with Crippen molar-refractivity contribution in [1.82, 2.24) is 10.2 Å². The van der Waals surface area contributed by atoms with Crippen molar-refractivity contribution in [2.24, 2.45) is 5.41 Å². The van der Waals surface area contributed by atoms with Crippen LogP contribution < -0.4 is 14.8 Å². The smallest absolute Gasteiger partial charge is 0.328 e. The predicted octanol–water partition coefficient (Wildman–Crippen LogP) is 1.68. The SMILES string of the molecule is COc1cccc(OC)c1C(=O)N[C@@H]1C(=O)N(CC(=O)OCOC(=O)C(C)(C)C)[C@@H]1S(=O)(=O)Cc1ccccc1. The van der Waals surface area contributed by atoms with Gasteiger partial charge in [-0.3, -0.25) is 19.2 Å². The minimum Gasteiger partial charge on any atom is -0.496 e. The van der Waals surface area contributed by atoms with Crippen molar-refractivity contribution in [3.05, 3.63) is 59.7 Å². The number of nitrogens with one attached hydrogen (secondary N) is 1. The number of nitrogens with zero attached hydrogens (tertiary/aromatic N) is 1. The second-order valence-electron chi connectivity index (χ2n) is 9.95. The van der Waals surface area contributed by atoms with Gasteiger partial charge in [-0.15, -0.1) is 0 Å². The van der Waals surface area contributed by atoms with E-state index >= 15 is 0 Å². The van der Waals surface area contributed by atoms with Crippen molar-refractivity contribution < 1.29 is 46.5 Å². The highest BCUT2D eigenvalue weighted by Gasteiger charge is 2.56. The molecule has 2 amide bonds. The van der Waals surface area contributed by atoms with Gasteiger partial charge in [-0.2, -0.15) is 0 Å². The molecule has 2 aromatic carbocycles. The topological polar surface area (TPSA) is 155 Å². The second kappa shape index (κ2) is 12.4. The number of carbonyl (C=O) groups is 4. The molecule has 40 heavy (non-hydrogen) atoms. The van der Waals surface area contributed by atoms with E-state index in [1.807, 2.05) is 0 Å². The largest absolute Gasteiger partial charge is 0.496 e. The average Bonchev–Trinajstić information content (AvgIpc) is 2.90. The fraction of sp³-hybridized carbons (Fsp3) is 0.407. The summed E-state index contributed by atoms with van der Waals surface area (Å²) in [6.07, 6.45) is 0. The highest BCUT2D eigenvalue weighted by molar-refractivity contribution is 7.91. The zero-order valence-corrected chi connectivity index (χ0v) is 23.6. The third kappa shape index (κ3) is 6.89. The predicted molar refractivity (Wildman–Crippen MR) is 142 cm³/mol. The van der Waals surface area contributed by atoms with Gasteiger partial charge < -0.3 is 29.2 Å². The van der Waals surface area contributed by atoms with Crippen LogP contribution in [0.2, 0.25) is 0 Å². The molecule has 0 bridgehead atoms. The molecule has 1 saturated heterocycles. The Kier molecular flexibility index (Phi) is 9.40. The maximum absolute atomic E-state index is 13.5. The maximum atomic E-state index is 13.5. The molecule has 0 aromatic heterocycles. The number of β-lactam (4-membered cyclic amide) rings is 1. The van der Waals surface area contributed by atoms with Crippen molar-refractivity contribution in [2.75, 3.05) is 27.6 Å². The van der Waals surface area contributed by atoms with Crippen LogP contribution in [-0.4, -0.2) is 76.0 Å². The van der Waals surface area contributed by atoms with Crippen molar-refractivity contribution in [3.63, 3.8) is 0 Å². The summed E-state index contributed by atoms with van der Waals surface area (Å²) in [4.78, 5) is 51.4. The Hall–Kier alpha value is -4.13. The number of benzene rings is 2. The van der Waals surface area contributed by atoms with Gasteiger partial charge in [0.1, 0.15) is 29.6 Å². The van der Waals surface area contributed by atoms with E-state index in [-0.39, 0.29) is 17.1 Å². The third-order valence-electron chi connectivity index (χ3n) is 5.98. The van der Waals surface area contributed by atoms with E-state index in [1.165, 1.54) is 26.4 Å². The van der Waals surface area contributed by atoms with Crippen LogP contribution in [-0.2, 0) is 39.4 Å². The number of ether oxygens (including phenoxy) is 4. The molecule has 1 N–H and O–H groups in total.